The SMILES string of the molecule is CCCc1nc(CO)c2n1C(C)CCC2. The molecule has 0 saturated carbocycles. The minimum atomic E-state index is 0.0891. The largest absolute Gasteiger partial charge is 0.390 e. The van der Waals surface area contributed by atoms with Gasteiger partial charge in [-0.1, -0.05) is 6.92 Å². The summed E-state index contributed by atoms with van der Waals surface area (Å²) in [4.78, 5) is 4.56. The van der Waals surface area contributed by atoms with Crippen LogP contribution in [0.2, 0.25) is 0 Å². The first-order chi connectivity index (χ1) is 7.27. The molecule has 1 aromatic rings. The van der Waals surface area contributed by atoms with Crippen LogP contribution in [-0.4, -0.2) is 14.7 Å². The minimum absolute atomic E-state index is 0.0891. The Bertz CT molecular complexity index is 344. The first kappa shape index (κ1) is 10.7. The first-order valence-electron chi connectivity index (χ1n) is 5.97. The van der Waals surface area contributed by atoms with E-state index in [1.54, 1.807) is 0 Å². The highest BCUT2D eigenvalue weighted by Gasteiger charge is 2.23. The Labute approximate surface area is 91.1 Å². The van der Waals surface area contributed by atoms with Crippen LogP contribution < -0.4 is 0 Å². The van der Waals surface area contributed by atoms with E-state index in [0.29, 0.717) is 6.04 Å². The second-order valence-corrected chi connectivity index (χ2v) is 4.44. The smallest absolute Gasteiger partial charge is 0.109 e. The van der Waals surface area contributed by atoms with Gasteiger partial charge in [0.25, 0.3) is 0 Å². The zero-order chi connectivity index (χ0) is 10.8. The lowest BCUT2D eigenvalue weighted by molar-refractivity contribution is 0.274. The third-order valence-electron chi connectivity index (χ3n) is 3.27. The van der Waals surface area contributed by atoms with Crippen molar-refractivity contribution in [3.63, 3.8) is 0 Å². The molecule has 2 rings (SSSR count). The summed E-state index contributed by atoms with van der Waals surface area (Å²) in [5.74, 6) is 1.17. The van der Waals surface area contributed by atoms with E-state index in [9.17, 15) is 5.11 Å². The van der Waals surface area contributed by atoms with Gasteiger partial charge in [-0.2, -0.15) is 0 Å². The van der Waals surface area contributed by atoms with Crippen LogP contribution in [0.3, 0.4) is 0 Å². The Balaban J connectivity index is 2.43. The molecule has 84 valence electrons. The molecular weight excluding hydrogens is 188 g/mol. The fraction of sp³-hybridized carbons (Fsp3) is 0.750. The van der Waals surface area contributed by atoms with Crippen molar-refractivity contribution in [3.05, 3.63) is 17.2 Å². The van der Waals surface area contributed by atoms with Crippen LogP contribution >= 0.6 is 0 Å². The highest BCUT2D eigenvalue weighted by atomic mass is 16.3. The molecular formula is C12H20N2O. The summed E-state index contributed by atoms with van der Waals surface area (Å²) in [5, 5.41) is 9.29. The number of aromatic nitrogens is 2. The molecule has 15 heavy (non-hydrogen) atoms. The molecule has 1 atom stereocenters. The Hall–Kier alpha value is -0.830. The minimum Gasteiger partial charge on any atom is -0.390 e. The monoisotopic (exact) mass is 208 g/mol. The van der Waals surface area contributed by atoms with E-state index >= 15 is 0 Å². The molecule has 0 fully saturated rings. The van der Waals surface area contributed by atoms with Crippen molar-refractivity contribution < 1.29 is 5.11 Å². The number of imidazole rings is 1. The molecule has 1 N–H and O–H groups in total. The summed E-state index contributed by atoms with van der Waals surface area (Å²) < 4.78 is 2.36. The van der Waals surface area contributed by atoms with E-state index in [-0.39, 0.29) is 6.61 Å². The maximum Gasteiger partial charge on any atom is 0.109 e. The van der Waals surface area contributed by atoms with Crippen molar-refractivity contribution in [2.45, 2.75) is 58.6 Å². The number of hydrogen-bond donors (Lipinski definition) is 1. The van der Waals surface area contributed by atoms with Crippen LogP contribution in [0.5, 0.6) is 0 Å². The molecule has 0 aromatic carbocycles. The summed E-state index contributed by atoms with van der Waals surface area (Å²) in [6, 6.07) is 0.558. The number of fused-ring (bicyclic) bond motifs is 1. The predicted molar refractivity (Wildman–Crippen MR) is 59.8 cm³/mol. The summed E-state index contributed by atoms with van der Waals surface area (Å²) in [6.45, 7) is 4.52. The maximum absolute atomic E-state index is 9.29. The summed E-state index contributed by atoms with van der Waals surface area (Å²) in [5.41, 5.74) is 2.18. The first-order valence-corrected chi connectivity index (χ1v) is 5.97. The summed E-state index contributed by atoms with van der Waals surface area (Å²) >= 11 is 0. The zero-order valence-electron chi connectivity index (χ0n) is 9.66. The molecule has 1 aliphatic heterocycles. The zero-order valence-corrected chi connectivity index (χ0v) is 9.66. The van der Waals surface area contributed by atoms with E-state index < -0.39 is 0 Å². The number of aliphatic hydroxyl groups excluding tert-OH is 1. The molecule has 0 radical (unpaired) electrons. The van der Waals surface area contributed by atoms with Crippen LogP contribution in [0.4, 0.5) is 0 Å². The second-order valence-electron chi connectivity index (χ2n) is 4.44. The highest BCUT2D eigenvalue weighted by Crippen LogP contribution is 2.29. The van der Waals surface area contributed by atoms with E-state index in [1.165, 1.54) is 24.4 Å². The lowest BCUT2D eigenvalue weighted by Crippen LogP contribution is -2.17. The maximum atomic E-state index is 9.29. The van der Waals surface area contributed by atoms with Crippen molar-refractivity contribution in [2.75, 3.05) is 0 Å². The predicted octanol–water partition coefficient (Wildman–Crippen LogP) is 2.23. The van der Waals surface area contributed by atoms with Crippen molar-refractivity contribution in [2.24, 2.45) is 0 Å². The molecule has 0 spiro atoms. The fourth-order valence-corrected chi connectivity index (χ4v) is 2.57. The van der Waals surface area contributed by atoms with Crippen molar-refractivity contribution >= 4 is 0 Å². The van der Waals surface area contributed by atoms with Gasteiger partial charge < -0.3 is 9.67 Å². The number of aliphatic hydroxyl groups is 1. The van der Waals surface area contributed by atoms with Gasteiger partial charge in [-0.25, -0.2) is 4.98 Å². The van der Waals surface area contributed by atoms with Crippen LogP contribution in [0, 0.1) is 0 Å². The van der Waals surface area contributed by atoms with Crippen molar-refractivity contribution in [1.29, 1.82) is 0 Å². The average molecular weight is 208 g/mol. The summed E-state index contributed by atoms with van der Waals surface area (Å²) in [6.07, 6.45) is 5.69. The number of hydrogen-bond acceptors (Lipinski definition) is 2. The molecule has 1 unspecified atom stereocenters. The quantitative estimate of drug-likeness (QED) is 0.827. The number of nitrogens with zero attached hydrogens (tertiary/aromatic N) is 2. The Morgan fingerprint density at radius 1 is 1.53 bits per heavy atom. The Kier molecular flexibility index (Phi) is 3.10. The van der Waals surface area contributed by atoms with Crippen LogP contribution in [0.25, 0.3) is 0 Å². The Morgan fingerprint density at radius 2 is 2.33 bits per heavy atom. The van der Waals surface area contributed by atoms with Crippen molar-refractivity contribution in [1.82, 2.24) is 9.55 Å². The molecule has 0 saturated heterocycles. The van der Waals surface area contributed by atoms with Gasteiger partial charge in [0.05, 0.1) is 12.3 Å². The Morgan fingerprint density at radius 3 is 3.00 bits per heavy atom. The van der Waals surface area contributed by atoms with Crippen LogP contribution in [0.15, 0.2) is 0 Å². The van der Waals surface area contributed by atoms with Gasteiger partial charge in [0.15, 0.2) is 0 Å². The van der Waals surface area contributed by atoms with Gasteiger partial charge in [-0.3, -0.25) is 0 Å². The third-order valence-corrected chi connectivity index (χ3v) is 3.27. The average Bonchev–Trinajstić information content (AvgIpc) is 2.59. The number of rotatable bonds is 3. The van der Waals surface area contributed by atoms with Gasteiger partial charge in [0.2, 0.25) is 0 Å². The van der Waals surface area contributed by atoms with E-state index in [2.05, 4.69) is 23.4 Å². The summed E-state index contributed by atoms with van der Waals surface area (Å²) in [7, 11) is 0. The van der Waals surface area contributed by atoms with Crippen LogP contribution in [-0.2, 0) is 19.4 Å². The molecule has 0 bridgehead atoms. The topological polar surface area (TPSA) is 38.1 Å². The van der Waals surface area contributed by atoms with E-state index in [1.807, 2.05) is 0 Å². The third kappa shape index (κ3) is 1.81. The van der Waals surface area contributed by atoms with E-state index in [0.717, 1.165) is 25.0 Å². The lowest BCUT2D eigenvalue weighted by Gasteiger charge is -2.24. The number of aryl methyl sites for hydroxylation is 1. The lowest BCUT2D eigenvalue weighted by atomic mass is 10.0. The van der Waals surface area contributed by atoms with Gasteiger partial charge >= 0.3 is 0 Å². The van der Waals surface area contributed by atoms with Crippen LogP contribution in [0.1, 0.15) is 56.4 Å². The second kappa shape index (κ2) is 4.35. The van der Waals surface area contributed by atoms with Gasteiger partial charge in [0.1, 0.15) is 5.82 Å². The van der Waals surface area contributed by atoms with Gasteiger partial charge in [0, 0.05) is 18.2 Å². The van der Waals surface area contributed by atoms with E-state index in [4.69, 9.17) is 0 Å². The molecule has 3 heteroatoms. The molecule has 0 amide bonds. The highest BCUT2D eigenvalue weighted by molar-refractivity contribution is 5.20. The molecule has 0 aliphatic carbocycles. The van der Waals surface area contributed by atoms with Gasteiger partial charge in [-0.15, -0.1) is 0 Å². The fourth-order valence-electron chi connectivity index (χ4n) is 2.57. The molecule has 3 nitrogen and oxygen atoms in total. The standard InChI is InChI=1S/C12H20N2O/c1-3-5-12-13-10(8-15)11-7-4-6-9(2)14(11)12/h9,15H,3-8H2,1-2H3. The normalized spacial score (nSPS) is 20.3. The molecule has 1 aromatic heterocycles. The molecule has 1 aliphatic rings. The van der Waals surface area contributed by atoms with Crippen molar-refractivity contribution in [3.8, 4) is 0 Å². The van der Waals surface area contributed by atoms with Gasteiger partial charge in [-0.05, 0) is 32.6 Å². The molecule has 2 heterocycles.